The van der Waals surface area contributed by atoms with Crippen molar-refractivity contribution < 1.29 is 14.6 Å². The van der Waals surface area contributed by atoms with Crippen molar-refractivity contribution in [2.24, 2.45) is 5.41 Å². The van der Waals surface area contributed by atoms with E-state index in [1.165, 1.54) is 6.20 Å². The van der Waals surface area contributed by atoms with Gasteiger partial charge in [0, 0.05) is 6.42 Å². The van der Waals surface area contributed by atoms with Crippen molar-refractivity contribution in [3.05, 3.63) is 21.9 Å². The van der Waals surface area contributed by atoms with Crippen LogP contribution in [0.3, 0.4) is 0 Å². The van der Waals surface area contributed by atoms with Crippen LogP contribution in [-0.2, 0) is 0 Å². The van der Waals surface area contributed by atoms with Crippen LogP contribution in [-0.4, -0.2) is 28.3 Å². The number of aromatic nitrogens is 1. The van der Waals surface area contributed by atoms with Gasteiger partial charge >= 0.3 is 6.09 Å². The summed E-state index contributed by atoms with van der Waals surface area (Å²) in [5, 5.41) is 12.0. The van der Waals surface area contributed by atoms with E-state index in [4.69, 9.17) is 27.9 Å². The number of pyridine rings is 1. The summed E-state index contributed by atoms with van der Waals surface area (Å²) in [7, 11) is 0. The lowest BCUT2D eigenvalue weighted by Crippen LogP contribution is -2.60. The number of carboxylic acid groups (broad SMARTS) is 1. The lowest BCUT2D eigenvalue weighted by atomic mass is 9.72. The number of hydrogen-bond acceptors (Lipinski definition) is 3. The molecule has 7 heteroatoms. The molecule has 0 aliphatic rings. The molecule has 1 atom stereocenters. The second-order valence-electron chi connectivity index (χ2n) is 5.88. The molecule has 1 amide bonds. The van der Waals surface area contributed by atoms with E-state index >= 15 is 0 Å². The second kappa shape index (κ2) is 7.21. The van der Waals surface area contributed by atoms with Crippen molar-refractivity contribution in [1.82, 2.24) is 10.3 Å². The minimum Gasteiger partial charge on any atom is -0.489 e. The van der Waals surface area contributed by atoms with Gasteiger partial charge in [0.25, 0.3) is 0 Å². The molecule has 0 aliphatic heterocycles. The highest BCUT2D eigenvalue weighted by atomic mass is 79.9. The molecule has 5 nitrogen and oxygen atoms in total. The van der Waals surface area contributed by atoms with E-state index in [-0.39, 0.29) is 13.0 Å². The smallest absolute Gasteiger partial charge is 0.405 e. The number of halogens is 2. The first-order chi connectivity index (χ1) is 10.1. The monoisotopic (exact) mass is 388 g/mol. The number of terminal acetylenes is 1. The number of amides is 1. The van der Waals surface area contributed by atoms with Gasteiger partial charge in [-0.1, -0.05) is 32.4 Å². The zero-order valence-corrected chi connectivity index (χ0v) is 15.0. The predicted molar refractivity (Wildman–Crippen MR) is 89.2 cm³/mol. The van der Waals surface area contributed by atoms with E-state index in [0.29, 0.717) is 15.4 Å². The first-order valence-electron chi connectivity index (χ1n) is 6.50. The summed E-state index contributed by atoms with van der Waals surface area (Å²) in [4.78, 5) is 15.1. The van der Waals surface area contributed by atoms with Crippen molar-refractivity contribution in [2.45, 2.75) is 32.7 Å². The van der Waals surface area contributed by atoms with Crippen LogP contribution in [0.4, 0.5) is 4.79 Å². The van der Waals surface area contributed by atoms with E-state index in [1.807, 2.05) is 20.8 Å². The lowest BCUT2D eigenvalue weighted by molar-refractivity contribution is 0.0723. The quantitative estimate of drug-likeness (QED) is 0.591. The number of rotatable bonds is 5. The predicted octanol–water partition coefficient (Wildman–Crippen LogP) is 3.95. The molecule has 2 N–H and O–H groups in total. The third-order valence-corrected chi connectivity index (χ3v) is 4.58. The first-order valence-corrected chi connectivity index (χ1v) is 7.67. The lowest BCUT2D eigenvalue weighted by Gasteiger charge is -2.43. The molecular formula is C15H18BrClN2O3. The molecule has 22 heavy (non-hydrogen) atoms. The van der Waals surface area contributed by atoms with E-state index in [2.05, 4.69) is 32.2 Å². The fourth-order valence-corrected chi connectivity index (χ4v) is 2.30. The van der Waals surface area contributed by atoms with Crippen LogP contribution in [0.1, 0.15) is 27.2 Å². The molecule has 0 fully saturated rings. The molecule has 120 valence electrons. The fraction of sp³-hybridized carbons (Fsp3) is 0.467. The largest absolute Gasteiger partial charge is 0.489 e. The molecule has 1 aromatic rings. The summed E-state index contributed by atoms with van der Waals surface area (Å²) >= 11 is 9.09. The highest BCUT2D eigenvalue weighted by molar-refractivity contribution is 9.10. The van der Waals surface area contributed by atoms with Crippen molar-refractivity contribution in [3.8, 4) is 18.1 Å². The van der Waals surface area contributed by atoms with Crippen molar-refractivity contribution in [1.29, 1.82) is 0 Å². The maximum atomic E-state index is 11.2. The van der Waals surface area contributed by atoms with Crippen LogP contribution in [0.5, 0.6) is 5.75 Å². The number of nitrogens with zero attached hydrogens (tertiary/aromatic N) is 1. The molecule has 0 saturated heterocycles. The zero-order valence-electron chi connectivity index (χ0n) is 12.6. The topological polar surface area (TPSA) is 71.5 Å². The molecule has 0 radical (unpaired) electrons. The third-order valence-electron chi connectivity index (χ3n) is 3.44. The summed E-state index contributed by atoms with van der Waals surface area (Å²) in [5.41, 5.74) is -1.38. The number of carbonyl (C=O) groups is 1. The summed E-state index contributed by atoms with van der Waals surface area (Å²) < 4.78 is 6.31. The Morgan fingerprint density at radius 2 is 2.23 bits per heavy atom. The number of ether oxygens (including phenoxy) is 1. The van der Waals surface area contributed by atoms with Gasteiger partial charge in [-0.05, 0) is 27.4 Å². The Labute approximate surface area is 143 Å². The molecule has 0 aliphatic carbocycles. The van der Waals surface area contributed by atoms with E-state index in [0.717, 1.165) is 0 Å². The Hall–Kier alpha value is -1.45. The summed E-state index contributed by atoms with van der Waals surface area (Å²) in [6.45, 7) is 5.78. The van der Waals surface area contributed by atoms with Crippen LogP contribution >= 0.6 is 27.5 Å². The van der Waals surface area contributed by atoms with Crippen LogP contribution in [0, 0.1) is 17.8 Å². The van der Waals surface area contributed by atoms with Crippen LogP contribution in [0.25, 0.3) is 0 Å². The van der Waals surface area contributed by atoms with Crippen molar-refractivity contribution in [2.75, 3.05) is 6.61 Å². The van der Waals surface area contributed by atoms with Crippen molar-refractivity contribution in [3.63, 3.8) is 0 Å². The van der Waals surface area contributed by atoms with Gasteiger partial charge in [0.1, 0.15) is 17.5 Å². The van der Waals surface area contributed by atoms with Crippen LogP contribution < -0.4 is 10.1 Å². The fourth-order valence-electron chi connectivity index (χ4n) is 1.87. The molecule has 0 bridgehead atoms. The molecule has 1 heterocycles. The summed E-state index contributed by atoms with van der Waals surface area (Å²) in [6, 6.07) is 1.67. The van der Waals surface area contributed by atoms with Crippen LogP contribution in [0.15, 0.2) is 16.7 Å². The minimum absolute atomic E-state index is 0.0722. The Kier molecular flexibility index (Phi) is 6.09. The zero-order chi connectivity index (χ0) is 17.0. The number of hydrogen-bond donors (Lipinski definition) is 2. The first kappa shape index (κ1) is 18.6. The van der Waals surface area contributed by atoms with Gasteiger partial charge < -0.3 is 15.2 Å². The molecule has 0 saturated carbocycles. The molecule has 1 rings (SSSR count). The molecule has 0 aromatic carbocycles. The highest BCUT2D eigenvalue weighted by Gasteiger charge is 2.44. The summed E-state index contributed by atoms with van der Waals surface area (Å²) in [5.74, 6) is 2.99. The molecular weight excluding hydrogens is 372 g/mol. The standard InChI is InChI=1S/C15H18BrClN2O3/c1-5-6-15(14(2,3)4,19-13(20)21)9-22-10-7-11(16)12(17)18-8-10/h1,7-8,19H,6,9H2,2-4H3,(H,20,21)/t15-/m1/s1. The van der Waals surface area contributed by atoms with Crippen LogP contribution in [0.2, 0.25) is 5.15 Å². The highest BCUT2D eigenvalue weighted by Crippen LogP contribution is 2.34. The Morgan fingerprint density at radius 3 is 2.68 bits per heavy atom. The average Bonchev–Trinajstić information content (AvgIpc) is 2.38. The van der Waals surface area contributed by atoms with Gasteiger partial charge in [0.15, 0.2) is 0 Å². The number of nitrogens with one attached hydrogen (secondary N) is 1. The summed E-state index contributed by atoms with van der Waals surface area (Å²) in [6.07, 6.45) is 5.94. The molecule has 0 unspecified atom stereocenters. The van der Waals surface area contributed by atoms with E-state index < -0.39 is 17.0 Å². The van der Waals surface area contributed by atoms with Crippen molar-refractivity contribution >= 4 is 33.6 Å². The third kappa shape index (κ3) is 4.52. The Morgan fingerprint density at radius 1 is 1.59 bits per heavy atom. The second-order valence-corrected chi connectivity index (χ2v) is 7.09. The Balaban J connectivity index is 3.04. The van der Waals surface area contributed by atoms with Gasteiger partial charge in [-0.3, -0.25) is 0 Å². The Bertz CT molecular complexity index is 595. The molecule has 0 spiro atoms. The normalized spacial score (nSPS) is 13.8. The van der Waals surface area contributed by atoms with Gasteiger partial charge in [0.2, 0.25) is 0 Å². The van der Waals surface area contributed by atoms with Gasteiger partial charge in [-0.15, -0.1) is 12.3 Å². The van der Waals surface area contributed by atoms with E-state index in [9.17, 15) is 4.79 Å². The maximum absolute atomic E-state index is 11.2. The minimum atomic E-state index is -1.15. The maximum Gasteiger partial charge on any atom is 0.405 e. The van der Waals surface area contributed by atoms with Gasteiger partial charge in [-0.2, -0.15) is 0 Å². The van der Waals surface area contributed by atoms with E-state index in [1.54, 1.807) is 6.07 Å². The van der Waals surface area contributed by atoms with Gasteiger partial charge in [-0.25, -0.2) is 9.78 Å². The van der Waals surface area contributed by atoms with Gasteiger partial charge in [0.05, 0.1) is 16.2 Å². The molecule has 1 aromatic heterocycles. The average molecular weight is 390 g/mol. The SMILES string of the molecule is C#CC[C@](COc1cnc(Cl)c(Br)c1)(NC(=O)O)C(C)(C)C.